The second-order valence-electron chi connectivity index (χ2n) is 4.99. The van der Waals surface area contributed by atoms with Gasteiger partial charge in [0.05, 0.1) is 11.6 Å². The van der Waals surface area contributed by atoms with Crippen LogP contribution in [0.15, 0.2) is 42.5 Å². The summed E-state index contributed by atoms with van der Waals surface area (Å²) in [6, 6.07) is 11.6. The molecule has 0 fully saturated rings. The van der Waals surface area contributed by atoms with Crippen molar-refractivity contribution in [1.29, 1.82) is 0 Å². The number of rotatable bonds is 6. The van der Waals surface area contributed by atoms with Crippen molar-refractivity contribution in [3.05, 3.63) is 63.1 Å². The molecule has 8 heteroatoms. The van der Waals surface area contributed by atoms with E-state index in [1.165, 1.54) is 0 Å². The van der Waals surface area contributed by atoms with Gasteiger partial charge in [-0.2, -0.15) is 0 Å². The average Bonchev–Trinajstić information content (AvgIpc) is 2.56. The lowest BCUT2D eigenvalue weighted by Gasteiger charge is -2.11. The first-order valence-electron chi connectivity index (χ1n) is 7.38. The molecule has 0 bridgehead atoms. The first kappa shape index (κ1) is 19.8. The van der Waals surface area contributed by atoms with Crippen LogP contribution in [0.3, 0.4) is 0 Å². The molecule has 0 aliphatic rings. The molecule has 0 radical (unpaired) electrons. The molecule has 0 aromatic heterocycles. The zero-order valence-corrected chi connectivity index (χ0v) is 16.1. The molecule has 2 aromatic carbocycles. The Hall–Kier alpha value is -1.53. The number of nitrogens with one attached hydrogen (secondary N) is 2. The number of hydrogen-bond donors (Lipinski definition) is 2. The number of carbonyl (C=O) groups excluding carboxylic acids is 1. The molecule has 2 rings (SSSR count). The Kier molecular flexibility index (Phi) is 7.78. The summed E-state index contributed by atoms with van der Waals surface area (Å²) in [7, 11) is 0. The quantitative estimate of drug-likeness (QED) is 0.527. The van der Waals surface area contributed by atoms with Gasteiger partial charge in [0.2, 0.25) is 0 Å². The Morgan fingerprint density at radius 1 is 1.04 bits per heavy atom. The number of benzene rings is 2. The summed E-state index contributed by atoms with van der Waals surface area (Å²) >= 11 is 22.7. The normalized spacial score (nSPS) is 10.2. The third-order valence-electron chi connectivity index (χ3n) is 3.09. The van der Waals surface area contributed by atoms with E-state index in [2.05, 4.69) is 10.6 Å². The van der Waals surface area contributed by atoms with Crippen LogP contribution in [0.4, 0.5) is 0 Å². The molecule has 0 saturated carbocycles. The minimum Gasteiger partial charge on any atom is -0.492 e. The van der Waals surface area contributed by atoms with Gasteiger partial charge >= 0.3 is 0 Å². The molecule has 0 spiro atoms. The zero-order chi connectivity index (χ0) is 18.2. The summed E-state index contributed by atoms with van der Waals surface area (Å²) in [5.74, 6) is 0.281. The maximum atomic E-state index is 12.0. The Bertz CT molecular complexity index is 754. The molecule has 2 aromatic rings. The summed E-state index contributed by atoms with van der Waals surface area (Å²) < 4.78 is 5.56. The highest BCUT2D eigenvalue weighted by molar-refractivity contribution is 7.80. The first-order valence-corrected chi connectivity index (χ1v) is 8.92. The third-order valence-corrected chi connectivity index (χ3v) is 4.12. The van der Waals surface area contributed by atoms with E-state index < -0.39 is 0 Å². The van der Waals surface area contributed by atoms with Crippen LogP contribution >= 0.6 is 47.0 Å². The predicted octanol–water partition coefficient (Wildman–Crippen LogP) is 4.72. The van der Waals surface area contributed by atoms with Crippen LogP contribution in [0.2, 0.25) is 15.1 Å². The standard InChI is InChI=1S/C17H15Cl3N2O2S/c18-12-4-2-11(3-5-12)16(23)22-17(25)21-8-1-9-24-15-7-6-13(19)10-14(15)20/h2-7,10H,1,8-9H2,(H2,21,22,23,25). The Morgan fingerprint density at radius 3 is 2.40 bits per heavy atom. The SMILES string of the molecule is O=C(NC(=S)NCCCOc1ccc(Cl)cc1Cl)c1ccc(Cl)cc1. The summed E-state index contributed by atoms with van der Waals surface area (Å²) in [6.45, 7) is 0.993. The van der Waals surface area contributed by atoms with Crippen molar-refractivity contribution in [3.8, 4) is 5.75 Å². The number of carbonyl (C=O) groups is 1. The Balaban J connectivity index is 1.66. The van der Waals surface area contributed by atoms with Gasteiger partial charge in [-0.1, -0.05) is 34.8 Å². The van der Waals surface area contributed by atoms with Crippen molar-refractivity contribution in [2.24, 2.45) is 0 Å². The highest BCUT2D eigenvalue weighted by Crippen LogP contribution is 2.27. The largest absolute Gasteiger partial charge is 0.492 e. The number of thiocarbonyl (C=S) groups is 1. The predicted molar refractivity (Wildman–Crippen MR) is 106 cm³/mol. The fourth-order valence-electron chi connectivity index (χ4n) is 1.87. The van der Waals surface area contributed by atoms with Crippen LogP contribution in [0.1, 0.15) is 16.8 Å². The van der Waals surface area contributed by atoms with Crippen molar-refractivity contribution in [3.63, 3.8) is 0 Å². The molecule has 132 valence electrons. The van der Waals surface area contributed by atoms with Gasteiger partial charge in [0.25, 0.3) is 5.91 Å². The van der Waals surface area contributed by atoms with Gasteiger partial charge in [-0.3, -0.25) is 10.1 Å². The second-order valence-corrected chi connectivity index (χ2v) is 6.68. The lowest BCUT2D eigenvalue weighted by atomic mass is 10.2. The van der Waals surface area contributed by atoms with Gasteiger partial charge in [0.1, 0.15) is 5.75 Å². The maximum Gasteiger partial charge on any atom is 0.257 e. The van der Waals surface area contributed by atoms with Gasteiger partial charge in [-0.05, 0) is 61.1 Å². The lowest BCUT2D eigenvalue weighted by molar-refractivity contribution is 0.0976. The lowest BCUT2D eigenvalue weighted by Crippen LogP contribution is -2.39. The molecule has 0 saturated heterocycles. The van der Waals surface area contributed by atoms with E-state index in [1.807, 2.05) is 0 Å². The van der Waals surface area contributed by atoms with Crippen molar-refractivity contribution < 1.29 is 9.53 Å². The highest BCUT2D eigenvalue weighted by Gasteiger charge is 2.07. The summed E-state index contributed by atoms with van der Waals surface area (Å²) in [5, 5.41) is 7.39. The molecule has 0 aliphatic heterocycles. The van der Waals surface area contributed by atoms with Gasteiger partial charge in [0.15, 0.2) is 5.11 Å². The summed E-state index contributed by atoms with van der Waals surface area (Å²) in [4.78, 5) is 12.0. The molecule has 0 aliphatic carbocycles. The minimum atomic E-state index is -0.293. The van der Waals surface area contributed by atoms with Crippen molar-refractivity contribution >= 4 is 58.0 Å². The number of amides is 1. The number of halogens is 3. The maximum absolute atomic E-state index is 12.0. The van der Waals surface area contributed by atoms with E-state index in [4.69, 9.17) is 51.8 Å². The fraction of sp³-hybridized carbons (Fsp3) is 0.176. The van der Waals surface area contributed by atoms with Crippen molar-refractivity contribution in [1.82, 2.24) is 10.6 Å². The molecule has 4 nitrogen and oxygen atoms in total. The number of hydrogen-bond acceptors (Lipinski definition) is 3. The van der Waals surface area contributed by atoms with E-state index >= 15 is 0 Å². The van der Waals surface area contributed by atoms with Crippen LogP contribution < -0.4 is 15.4 Å². The summed E-state index contributed by atoms with van der Waals surface area (Å²) in [6.07, 6.45) is 0.676. The molecule has 0 heterocycles. The molecular weight excluding hydrogens is 403 g/mol. The van der Waals surface area contributed by atoms with Gasteiger partial charge in [-0.15, -0.1) is 0 Å². The molecule has 0 unspecified atom stereocenters. The first-order chi connectivity index (χ1) is 12.0. The van der Waals surface area contributed by atoms with Crippen molar-refractivity contribution in [2.75, 3.05) is 13.2 Å². The second kappa shape index (κ2) is 9.82. The highest BCUT2D eigenvalue weighted by atomic mass is 35.5. The van der Waals surface area contributed by atoms with Crippen LogP contribution in [0, 0.1) is 0 Å². The topological polar surface area (TPSA) is 50.4 Å². The van der Waals surface area contributed by atoms with E-state index in [-0.39, 0.29) is 11.0 Å². The van der Waals surface area contributed by atoms with Crippen LogP contribution in [0.25, 0.3) is 0 Å². The fourth-order valence-corrected chi connectivity index (χ4v) is 2.65. The van der Waals surface area contributed by atoms with Crippen LogP contribution in [-0.2, 0) is 0 Å². The molecule has 2 N–H and O–H groups in total. The van der Waals surface area contributed by atoms with E-state index in [9.17, 15) is 4.79 Å². The Morgan fingerprint density at radius 2 is 1.72 bits per heavy atom. The van der Waals surface area contributed by atoms with E-state index in [0.29, 0.717) is 46.0 Å². The summed E-state index contributed by atoms with van der Waals surface area (Å²) in [5.41, 5.74) is 0.481. The number of ether oxygens (including phenoxy) is 1. The van der Waals surface area contributed by atoms with Gasteiger partial charge in [0, 0.05) is 22.2 Å². The zero-order valence-electron chi connectivity index (χ0n) is 13.0. The minimum absolute atomic E-state index is 0.254. The van der Waals surface area contributed by atoms with Crippen LogP contribution in [0.5, 0.6) is 5.75 Å². The average molecular weight is 418 g/mol. The van der Waals surface area contributed by atoms with E-state index in [1.54, 1.807) is 42.5 Å². The molecule has 0 atom stereocenters. The van der Waals surface area contributed by atoms with Gasteiger partial charge < -0.3 is 10.1 Å². The molecular formula is C17H15Cl3N2O2S. The van der Waals surface area contributed by atoms with Gasteiger partial charge in [-0.25, -0.2) is 0 Å². The van der Waals surface area contributed by atoms with Crippen molar-refractivity contribution in [2.45, 2.75) is 6.42 Å². The molecule has 1 amide bonds. The molecule has 25 heavy (non-hydrogen) atoms. The smallest absolute Gasteiger partial charge is 0.257 e. The monoisotopic (exact) mass is 416 g/mol. The third kappa shape index (κ3) is 6.71. The van der Waals surface area contributed by atoms with E-state index in [0.717, 1.165) is 0 Å². The van der Waals surface area contributed by atoms with Crippen LogP contribution in [-0.4, -0.2) is 24.2 Å². The Labute approximate surface area is 166 Å².